The van der Waals surface area contributed by atoms with Crippen molar-refractivity contribution in [2.24, 2.45) is 0 Å². The van der Waals surface area contributed by atoms with E-state index in [1.54, 1.807) is 10.9 Å². The van der Waals surface area contributed by atoms with E-state index in [0.717, 1.165) is 21.3 Å². The Balaban J connectivity index is 1.96. The van der Waals surface area contributed by atoms with Gasteiger partial charge in [-0.1, -0.05) is 35.5 Å². The second kappa shape index (κ2) is 8.25. The number of aromatic nitrogens is 3. The molecule has 0 saturated heterocycles. The van der Waals surface area contributed by atoms with E-state index in [0.29, 0.717) is 10.7 Å². The van der Waals surface area contributed by atoms with E-state index in [4.69, 9.17) is 16.3 Å². The lowest BCUT2D eigenvalue weighted by Gasteiger charge is -2.09. The number of rotatable bonds is 5. The maximum Gasteiger partial charge on any atom is 0.407 e. The van der Waals surface area contributed by atoms with Gasteiger partial charge in [-0.25, -0.2) is 9.48 Å². The SMILES string of the molecule is CNC(=O)OCc1cc(Sc2ccnc(C)c2)n(-c2ccccc2Cl)n1. The van der Waals surface area contributed by atoms with Gasteiger partial charge in [-0.15, -0.1) is 0 Å². The van der Waals surface area contributed by atoms with Crippen LogP contribution in [0.2, 0.25) is 5.02 Å². The van der Waals surface area contributed by atoms with Crippen LogP contribution in [0.4, 0.5) is 4.79 Å². The number of pyridine rings is 1. The maximum absolute atomic E-state index is 11.3. The van der Waals surface area contributed by atoms with Crippen molar-refractivity contribution in [1.29, 1.82) is 0 Å². The van der Waals surface area contributed by atoms with Crippen LogP contribution in [0.1, 0.15) is 11.4 Å². The molecule has 26 heavy (non-hydrogen) atoms. The van der Waals surface area contributed by atoms with Crippen molar-refractivity contribution in [2.75, 3.05) is 7.05 Å². The molecule has 2 heterocycles. The number of amides is 1. The Kier molecular flexibility index (Phi) is 5.80. The van der Waals surface area contributed by atoms with Crippen molar-refractivity contribution in [1.82, 2.24) is 20.1 Å². The molecule has 0 radical (unpaired) electrons. The molecule has 0 bridgehead atoms. The number of halogens is 1. The summed E-state index contributed by atoms with van der Waals surface area (Å²) in [7, 11) is 1.51. The molecule has 1 amide bonds. The Labute approximate surface area is 160 Å². The average molecular weight is 389 g/mol. The normalized spacial score (nSPS) is 10.6. The first-order chi connectivity index (χ1) is 12.6. The van der Waals surface area contributed by atoms with E-state index in [2.05, 4.69) is 15.4 Å². The van der Waals surface area contributed by atoms with E-state index in [1.807, 2.05) is 49.4 Å². The highest BCUT2D eigenvalue weighted by atomic mass is 35.5. The Hall–Kier alpha value is -2.51. The van der Waals surface area contributed by atoms with Gasteiger partial charge in [-0.3, -0.25) is 4.98 Å². The van der Waals surface area contributed by atoms with Crippen LogP contribution in [0.15, 0.2) is 58.6 Å². The first-order valence-electron chi connectivity index (χ1n) is 7.85. The third-order valence-electron chi connectivity index (χ3n) is 3.45. The lowest BCUT2D eigenvalue weighted by Crippen LogP contribution is -2.19. The molecule has 0 unspecified atom stereocenters. The van der Waals surface area contributed by atoms with Gasteiger partial charge in [0.25, 0.3) is 0 Å². The number of ether oxygens (including phenoxy) is 1. The number of alkyl carbamates (subject to hydrolysis) is 1. The third kappa shape index (κ3) is 4.36. The Morgan fingerprint density at radius 2 is 2.12 bits per heavy atom. The molecular formula is C18H17ClN4O2S. The van der Waals surface area contributed by atoms with E-state index < -0.39 is 6.09 Å². The lowest BCUT2D eigenvalue weighted by atomic mass is 10.3. The minimum absolute atomic E-state index is 0.0695. The van der Waals surface area contributed by atoms with Crippen LogP contribution in [0, 0.1) is 6.92 Å². The fraction of sp³-hybridized carbons (Fsp3) is 0.167. The standard InChI is InChI=1S/C18H17ClN4O2S/c1-12-9-14(7-8-21-12)26-17-10-13(11-25-18(24)20-2)22-23(17)16-6-4-3-5-15(16)19/h3-10H,11H2,1-2H3,(H,20,24). The minimum Gasteiger partial charge on any atom is -0.443 e. The Bertz CT molecular complexity index is 929. The second-order valence-corrected chi connectivity index (χ2v) is 6.90. The highest BCUT2D eigenvalue weighted by molar-refractivity contribution is 7.99. The molecule has 1 N–H and O–H groups in total. The molecule has 1 aromatic carbocycles. The van der Waals surface area contributed by atoms with Gasteiger partial charge in [-0.2, -0.15) is 5.10 Å². The monoisotopic (exact) mass is 388 g/mol. The van der Waals surface area contributed by atoms with E-state index >= 15 is 0 Å². The fourth-order valence-corrected chi connectivity index (χ4v) is 3.50. The van der Waals surface area contributed by atoms with Gasteiger partial charge < -0.3 is 10.1 Å². The molecule has 0 aliphatic carbocycles. The zero-order valence-corrected chi connectivity index (χ0v) is 15.8. The molecule has 0 aliphatic rings. The van der Waals surface area contributed by atoms with Gasteiger partial charge in [0.2, 0.25) is 0 Å². The quantitative estimate of drug-likeness (QED) is 0.708. The molecule has 2 aromatic heterocycles. The van der Waals surface area contributed by atoms with Gasteiger partial charge in [-0.05, 0) is 37.3 Å². The summed E-state index contributed by atoms with van der Waals surface area (Å²) in [5.41, 5.74) is 2.32. The highest BCUT2D eigenvalue weighted by Crippen LogP contribution is 2.32. The summed E-state index contributed by atoms with van der Waals surface area (Å²) in [5, 5.41) is 8.42. The topological polar surface area (TPSA) is 69.0 Å². The van der Waals surface area contributed by atoms with Crippen LogP contribution in [-0.4, -0.2) is 27.9 Å². The predicted molar refractivity (Wildman–Crippen MR) is 101 cm³/mol. The largest absolute Gasteiger partial charge is 0.443 e. The van der Waals surface area contributed by atoms with Gasteiger partial charge >= 0.3 is 6.09 Å². The van der Waals surface area contributed by atoms with Gasteiger partial charge in [0.05, 0.1) is 10.7 Å². The second-order valence-electron chi connectivity index (χ2n) is 5.40. The number of nitrogens with zero attached hydrogens (tertiary/aromatic N) is 3. The summed E-state index contributed by atoms with van der Waals surface area (Å²) >= 11 is 7.88. The summed E-state index contributed by atoms with van der Waals surface area (Å²) in [5.74, 6) is 0. The van der Waals surface area contributed by atoms with Crippen molar-refractivity contribution in [2.45, 2.75) is 23.5 Å². The summed E-state index contributed by atoms with van der Waals surface area (Å²) < 4.78 is 6.86. The number of nitrogens with one attached hydrogen (secondary N) is 1. The van der Waals surface area contributed by atoms with Crippen LogP contribution in [0.25, 0.3) is 5.69 Å². The first-order valence-corrected chi connectivity index (χ1v) is 9.05. The fourth-order valence-electron chi connectivity index (χ4n) is 2.27. The number of para-hydroxylation sites is 1. The van der Waals surface area contributed by atoms with Crippen molar-refractivity contribution in [3.8, 4) is 5.69 Å². The molecule has 8 heteroatoms. The zero-order chi connectivity index (χ0) is 18.5. The maximum atomic E-state index is 11.3. The number of benzene rings is 1. The first kappa shape index (κ1) is 18.3. The van der Waals surface area contributed by atoms with Crippen LogP contribution >= 0.6 is 23.4 Å². The molecule has 0 atom stereocenters. The molecule has 3 rings (SSSR count). The van der Waals surface area contributed by atoms with Gasteiger partial charge in [0.1, 0.15) is 17.3 Å². The van der Waals surface area contributed by atoms with Gasteiger partial charge in [0, 0.05) is 23.8 Å². The van der Waals surface area contributed by atoms with Crippen molar-refractivity contribution < 1.29 is 9.53 Å². The van der Waals surface area contributed by atoms with Crippen LogP contribution in [-0.2, 0) is 11.3 Å². The molecule has 6 nitrogen and oxygen atoms in total. The molecule has 0 aliphatic heterocycles. The third-order valence-corrected chi connectivity index (χ3v) is 4.76. The number of aryl methyl sites for hydroxylation is 1. The van der Waals surface area contributed by atoms with Crippen molar-refractivity contribution in [3.63, 3.8) is 0 Å². The van der Waals surface area contributed by atoms with E-state index in [-0.39, 0.29) is 6.61 Å². The van der Waals surface area contributed by atoms with Crippen molar-refractivity contribution in [3.05, 3.63) is 65.1 Å². The molecule has 3 aromatic rings. The summed E-state index contributed by atoms with van der Waals surface area (Å²) in [6.07, 6.45) is 1.26. The Morgan fingerprint density at radius 1 is 1.31 bits per heavy atom. The van der Waals surface area contributed by atoms with Crippen LogP contribution in [0.3, 0.4) is 0 Å². The lowest BCUT2D eigenvalue weighted by molar-refractivity contribution is 0.140. The Morgan fingerprint density at radius 3 is 2.85 bits per heavy atom. The molecule has 0 fully saturated rings. The summed E-state index contributed by atoms with van der Waals surface area (Å²) in [6, 6.07) is 13.3. The molecule has 134 valence electrons. The van der Waals surface area contributed by atoms with Crippen LogP contribution < -0.4 is 5.32 Å². The molecule has 0 saturated carbocycles. The average Bonchev–Trinajstić information content (AvgIpc) is 3.02. The smallest absolute Gasteiger partial charge is 0.407 e. The molecule has 0 spiro atoms. The highest BCUT2D eigenvalue weighted by Gasteiger charge is 2.14. The number of carbonyl (C=O) groups is 1. The van der Waals surface area contributed by atoms with Crippen molar-refractivity contribution >= 4 is 29.5 Å². The van der Waals surface area contributed by atoms with Gasteiger partial charge in [0.15, 0.2) is 0 Å². The van der Waals surface area contributed by atoms with E-state index in [9.17, 15) is 4.79 Å². The summed E-state index contributed by atoms with van der Waals surface area (Å²) in [4.78, 5) is 16.6. The zero-order valence-electron chi connectivity index (χ0n) is 14.3. The number of hydrogen-bond acceptors (Lipinski definition) is 5. The summed E-state index contributed by atoms with van der Waals surface area (Å²) in [6.45, 7) is 2.01. The number of hydrogen-bond donors (Lipinski definition) is 1. The van der Waals surface area contributed by atoms with E-state index in [1.165, 1.54) is 18.8 Å². The minimum atomic E-state index is -0.503. The molecular weight excluding hydrogens is 372 g/mol. The number of carbonyl (C=O) groups excluding carboxylic acids is 1. The van der Waals surface area contributed by atoms with Crippen LogP contribution in [0.5, 0.6) is 0 Å². The predicted octanol–water partition coefficient (Wildman–Crippen LogP) is 4.24.